The van der Waals surface area contributed by atoms with Gasteiger partial charge >= 0.3 is 5.97 Å². The van der Waals surface area contributed by atoms with E-state index >= 15 is 0 Å². The van der Waals surface area contributed by atoms with E-state index in [1.807, 2.05) is 52.0 Å². The minimum atomic E-state index is -0.775. The van der Waals surface area contributed by atoms with E-state index in [2.05, 4.69) is 0 Å². The SMILES string of the molecule is CCOC(=O)C(C(=O)C=C(C)C)C(CC)c1ccc(C)cc1. The highest BCUT2D eigenvalue weighted by atomic mass is 16.5. The Morgan fingerprint density at radius 3 is 2.18 bits per heavy atom. The minimum Gasteiger partial charge on any atom is -0.465 e. The summed E-state index contributed by atoms with van der Waals surface area (Å²) in [5.41, 5.74) is 3.04. The normalized spacial score (nSPS) is 13.1. The summed E-state index contributed by atoms with van der Waals surface area (Å²) >= 11 is 0. The maximum absolute atomic E-state index is 12.5. The summed E-state index contributed by atoms with van der Waals surface area (Å²) in [7, 11) is 0. The Kier molecular flexibility index (Phi) is 7.03. The average Bonchev–Trinajstić information content (AvgIpc) is 2.45. The highest BCUT2D eigenvalue weighted by Crippen LogP contribution is 2.30. The monoisotopic (exact) mass is 302 g/mol. The molecule has 0 saturated heterocycles. The van der Waals surface area contributed by atoms with Crippen molar-refractivity contribution in [3.63, 3.8) is 0 Å². The van der Waals surface area contributed by atoms with Gasteiger partial charge in [0.1, 0.15) is 5.92 Å². The molecule has 1 aromatic carbocycles. The second-order valence-electron chi connectivity index (χ2n) is 5.78. The zero-order valence-electron chi connectivity index (χ0n) is 14.2. The lowest BCUT2D eigenvalue weighted by Gasteiger charge is -2.23. The Morgan fingerprint density at radius 1 is 1.14 bits per heavy atom. The van der Waals surface area contributed by atoms with Gasteiger partial charge in [0, 0.05) is 5.92 Å². The van der Waals surface area contributed by atoms with Gasteiger partial charge < -0.3 is 4.74 Å². The molecular weight excluding hydrogens is 276 g/mol. The van der Waals surface area contributed by atoms with Crippen LogP contribution >= 0.6 is 0 Å². The number of carbonyl (C=O) groups excluding carboxylic acids is 2. The van der Waals surface area contributed by atoms with Crippen molar-refractivity contribution in [2.24, 2.45) is 5.92 Å². The number of ketones is 1. The summed E-state index contributed by atoms with van der Waals surface area (Å²) in [5, 5.41) is 0. The lowest BCUT2D eigenvalue weighted by atomic mass is 9.81. The summed E-state index contributed by atoms with van der Waals surface area (Å²) in [5.74, 6) is -1.55. The van der Waals surface area contributed by atoms with Crippen LogP contribution in [0.3, 0.4) is 0 Å². The first kappa shape index (κ1) is 18.1. The van der Waals surface area contributed by atoms with Crippen molar-refractivity contribution in [1.82, 2.24) is 0 Å². The third-order valence-corrected chi connectivity index (χ3v) is 3.63. The number of carbonyl (C=O) groups is 2. The minimum absolute atomic E-state index is 0.164. The van der Waals surface area contributed by atoms with Gasteiger partial charge in [0.25, 0.3) is 0 Å². The topological polar surface area (TPSA) is 43.4 Å². The number of esters is 1. The molecule has 1 rings (SSSR count). The summed E-state index contributed by atoms with van der Waals surface area (Å²) in [6, 6.07) is 7.99. The summed E-state index contributed by atoms with van der Waals surface area (Å²) in [6.45, 7) is 9.75. The molecule has 0 heterocycles. The lowest BCUT2D eigenvalue weighted by Crippen LogP contribution is -2.31. The van der Waals surface area contributed by atoms with E-state index in [1.165, 1.54) is 0 Å². The molecule has 2 unspecified atom stereocenters. The van der Waals surface area contributed by atoms with Crippen molar-refractivity contribution >= 4 is 11.8 Å². The van der Waals surface area contributed by atoms with E-state index in [4.69, 9.17) is 4.74 Å². The number of benzene rings is 1. The van der Waals surface area contributed by atoms with Crippen LogP contribution in [0.4, 0.5) is 0 Å². The van der Waals surface area contributed by atoms with Gasteiger partial charge in [-0.05, 0) is 45.8 Å². The number of hydrogen-bond acceptors (Lipinski definition) is 3. The van der Waals surface area contributed by atoms with Crippen LogP contribution in [0.2, 0.25) is 0 Å². The van der Waals surface area contributed by atoms with Crippen LogP contribution in [0.1, 0.15) is 51.2 Å². The van der Waals surface area contributed by atoms with Crippen LogP contribution in [0.5, 0.6) is 0 Å². The van der Waals surface area contributed by atoms with E-state index in [1.54, 1.807) is 13.0 Å². The number of aryl methyl sites for hydroxylation is 1. The van der Waals surface area contributed by atoms with Gasteiger partial charge in [-0.25, -0.2) is 0 Å². The zero-order valence-corrected chi connectivity index (χ0v) is 14.2. The fourth-order valence-electron chi connectivity index (χ4n) is 2.56. The van der Waals surface area contributed by atoms with Crippen molar-refractivity contribution in [2.75, 3.05) is 6.61 Å². The van der Waals surface area contributed by atoms with Gasteiger partial charge in [0.15, 0.2) is 5.78 Å². The highest BCUT2D eigenvalue weighted by Gasteiger charge is 2.34. The Hall–Kier alpha value is -1.90. The molecule has 2 atom stereocenters. The lowest BCUT2D eigenvalue weighted by molar-refractivity contribution is -0.151. The Labute approximate surface area is 133 Å². The van der Waals surface area contributed by atoms with Crippen LogP contribution < -0.4 is 0 Å². The van der Waals surface area contributed by atoms with E-state index in [0.29, 0.717) is 6.42 Å². The quantitative estimate of drug-likeness (QED) is 0.430. The van der Waals surface area contributed by atoms with Crippen LogP contribution in [-0.2, 0) is 14.3 Å². The fraction of sp³-hybridized carbons (Fsp3) is 0.474. The van der Waals surface area contributed by atoms with Gasteiger partial charge in [0.2, 0.25) is 0 Å². The predicted molar refractivity (Wildman–Crippen MR) is 88.8 cm³/mol. The second kappa shape index (κ2) is 8.52. The van der Waals surface area contributed by atoms with Crippen molar-refractivity contribution in [1.29, 1.82) is 0 Å². The zero-order chi connectivity index (χ0) is 16.7. The number of rotatable bonds is 7. The molecule has 22 heavy (non-hydrogen) atoms. The molecule has 120 valence electrons. The molecule has 0 spiro atoms. The average molecular weight is 302 g/mol. The molecule has 3 heteroatoms. The van der Waals surface area contributed by atoms with E-state index in [-0.39, 0.29) is 18.3 Å². The molecule has 0 aliphatic heterocycles. The van der Waals surface area contributed by atoms with Gasteiger partial charge in [-0.15, -0.1) is 0 Å². The van der Waals surface area contributed by atoms with Gasteiger partial charge in [0.05, 0.1) is 6.61 Å². The molecule has 0 aliphatic carbocycles. The number of allylic oxidation sites excluding steroid dienone is 2. The smallest absolute Gasteiger partial charge is 0.317 e. The summed E-state index contributed by atoms with van der Waals surface area (Å²) in [4.78, 5) is 24.9. The molecule has 0 aromatic heterocycles. The predicted octanol–water partition coefficient (Wildman–Crippen LogP) is 4.20. The van der Waals surface area contributed by atoms with Crippen LogP contribution in [-0.4, -0.2) is 18.4 Å². The third kappa shape index (κ3) is 4.83. The maximum atomic E-state index is 12.5. The molecule has 0 radical (unpaired) electrons. The summed E-state index contributed by atoms with van der Waals surface area (Å²) in [6.07, 6.45) is 2.24. The standard InChI is InChI=1S/C19H26O3/c1-6-16(15-10-8-14(5)9-11-15)18(19(21)22-7-2)17(20)12-13(3)4/h8-12,16,18H,6-7H2,1-5H3. The first-order valence-electron chi connectivity index (χ1n) is 7.82. The molecule has 0 aliphatic rings. The second-order valence-corrected chi connectivity index (χ2v) is 5.78. The van der Waals surface area contributed by atoms with Gasteiger partial charge in [-0.2, -0.15) is 0 Å². The molecule has 1 aromatic rings. The number of ether oxygens (including phenoxy) is 1. The van der Waals surface area contributed by atoms with E-state index in [9.17, 15) is 9.59 Å². The first-order chi connectivity index (χ1) is 10.4. The number of hydrogen-bond donors (Lipinski definition) is 0. The molecule has 0 fully saturated rings. The van der Waals surface area contributed by atoms with Crippen LogP contribution in [0.15, 0.2) is 35.9 Å². The fourth-order valence-corrected chi connectivity index (χ4v) is 2.56. The molecular formula is C19H26O3. The third-order valence-electron chi connectivity index (χ3n) is 3.63. The van der Waals surface area contributed by atoms with Gasteiger partial charge in [-0.3, -0.25) is 9.59 Å². The highest BCUT2D eigenvalue weighted by molar-refractivity contribution is 6.06. The van der Waals surface area contributed by atoms with Gasteiger partial charge in [-0.1, -0.05) is 42.3 Å². The van der Waals surface area contributed by atoms with E-state index < -0.39 is 11.9 Å². The summed E-state index contributed by atoms with van der Waals surface area (Å²) < 4.78 is 5.15. The molecule has 0 amide bonds. The molecule has 0 N–H and O–H groups in total. The van der Waals surface area contributed by atoms with E-state index in [0.717, 1.165) is 16.7 Å². The largest absolute Gasteiger partial charge is 0.465 e. The maximum Gasteiger partial charge on any atom is 0.317 e. The Bertz CT molecular complexity index is 536. The van der Waals surface area contributed by atoms with Crippen molar-refractivity contribution in [3.8, 4) is 0 Å². The molecule has 3 nitrogen and oxygen atoms in total. The van der Waals surface area contributed by atoms with Crippen molar-refractivity contribution < 1.29 is 14.3 Å². The van der Waals surface area contributed by atoms with Crippen molar-refractivity contribution in [3.05, 3.63) is 47.0 Å². The van der Waals surface area contributed by atoms with Crippen LogP contribution in [0.25, 0.3) is 0 Å². The first-order valence-corrected chi connectivity index (χ1v) is 7.82. The van der Waals surface area contributed by atoms with Crippen molar-refractivity contribution in [2.45, 2.75) is 47.0 Å². The molecule has 0 saturated carbocycles. The molecule has 0 bridgehead atoms. The Morgan fingerprint density at radius 2 is 1.73 bits per heavy atom. The Balaban J connectivity index is 3.21. The van der Waals surface area contributed by atoms with Crippen LogP contribution in [0, 0.1) is 12.8 Å².